The van der Waals surface area contributed by atoms with Gasteiger partial charge in [-0.2, -0.15) is 0 Å². The Labute approximate surface area is 181 Å². The largest absolute Gasteiger partial charge is 0.355 e. The molecule has 1 aliphatic heterocycles. The zero-order valence-electron chi connectivity index (χ0n) is 17.4. The van der Waals surface area contributed by atoms with E-state index in [1.807, 2.05) is 43.3 Å². The summed E-state index contributed by atoms with van der Waals surface area (Å²) in [5.41, 5.74) is 3.99. The molecule has 5 nitrogen and oxygen atoms in total. The summed E-state index contributed by atoms with van der Waals surface area (Å²) in [7, 11) is 0. The molecule has 0 aliphatic carbocycles. The summed E-state index contributed by atoms with van der Waals surface area (Å²) in [6.07, 6.45) is 0.709. The first-order valence-electron chi connectivity index (χ1n) is 10.4. The van der Waals surface area contributed by atoms with E-state index < -0.39 is 11.8 Å². The van der Waals surface area contributed by atoms with Crippen LogP contribution in [-0.2, 0) is 4.79 Å². The average molecular weight is 412 g/mol. The van der Waals surface area contributed by atoms with E-state index in [0.717, 1.165) is 10.5 Å². The molecule has 0 radical (unpaired) electrons. The highest BCUT2D eigenvalue weighted by Gasteiger charge is 2.36. The van der Waals surface area contributed by atoms with Gasteiger partial charge in [-0.3, -0.25) is 19.3 Å². The fraction of sp³-hybridized carbons (Fsp3) is 0.192. The van der Waals surface area contributed by atoms with Crippen LogP contribution in [0, 0.1) is 6.92 Å². The molecular weight excluding hydrogens is 388 g/mol. The number of imide groups is 1. The predicted molar refractivity (Wildman–Crippen MR) is 119 cm³/mol. The number of nitrogens with one attached hydrogen (secondary N) is 1. The van der Waals surface area contributed by atoms with Crippen molar-refractivity contribution in [3.05, 3.63) is 107 Å². The Morgan fingerprint density at radius 1 is 0.839 bits per heavy atom. The lowest BCUT2D eigenvalue weighted by molar-refractivity contribution is -0.121. The van der Waals surface area contributed by atoms with Crippen LogP contribution in [0.15, 0.2) is 78.9 Å². The van der Waals surface area contributed by atoms with Gasteiger partial charge in [0, 0.05) is 12.5 Å². The molecule has 3 amide bonds. The summed E-state index contributed by atoms with van der Waals surface area (Å²) in [5, 5.41) is 2.87. The van der Waals surface area contributed by atoms with Crippen molar-refractivity contribution < 1.29 is 14.4 Å². The third-order valence-corrected chi connectivity index (χ3v) is 5.59. The quantitative estimate of drug-likeness (QED) is 0.598. The first-order chi connectivity index (χ1) is 15.0. The molecule has 3 aromatic rings. The van der Waals surface area contributed by atoms with Crippen molar-refractivity contribution in [3.8, 4) is 0 Å². The minimum absolute atomic E-state index is 0.144. The molecule has 0 spiro atoms. The van der Waals surface area contributed by atoms with Crippen LogP contribution in [0.25, 0.3) is 0 Å². The number of amides is 3. The maximum absolute atomic E-state index is 12.6. The van der Waals surface area contributed by atoms with Crippen molar-refractivity contribution >= 4 is 17.7 Å². The summed E-state index contributed by atoms with van der Waals surface area (Å²) < 4.78 is 0. The van der Waals surface area contributed by atoms with Crippen molar-refractivity contribution in [2.45, 2.75) is 19.3 Å². The number of hydrogen-bond donors (Lipinski definition) is 1. The Morgan fingerprint density at radius 3 is 2.03 bits per heavy atom. The monoisotopic (exact) mass is 412 g/mol. The number of fused-ring (bicyclic) bond motifs is 1. The molecule has 0 unspecified atom stereocenters. The van der Waals surface area contributed by atoms with Crippen molar-refractivity contribution in [1.29, 1.82) is 0 Å². The van der Waals surface area contributed by atoms with E-state index in [1.165, 1.54) is 11.1 Å². The maximum atomic E-state index is 12.6. The second-order valence-electron chi connectivity index (χ2n) is 7.76. The van der Waals surface area contributed by atoms with Crippen molar-refractivity contribution in [2.24, 2.45) is 0 Å². The molecule has 1 N–H and O–H groups in total. The van der Waals surface area contributed by atoms with Crippen LogP contribution < -0.4 is 5.32 Å². The van der Waals surface area contributed by atoms with E-state index in [2.05, 4.69) is 29.6 Å². The summed E-state index contributed by atoms with van der Waals surface area (Å²) in [5.74, 6) is -1.03. The second-order valence-corrected chi connectivity index (χ2v) is 7.76. The molecule has 0 atom stereocenters. The summed E-state index contributed by atoms with van der Waals surface area (Å²) in [4.78, 5) is 38.6. The zero-order valence-corrected chi connectivity index (χ0v) is 17.4. The summed E-state index contributed by atoms with van der Waals surface area (Å²) in [6, 6.07) is 25.5. The Kier molecular flexibility index (Phi) is 5.94. The van der Waals surface area contributed by atoms with Crippen LogP contribution in [-0.4, -0.2) is 35.7 Å². The number of carbonyl (C=O) groups is 3. The van der Waals surface area contributed by atoms with E-state index in [4.69, 9.17) is 0 Å². The van der Waals surface area contributed by atoms with Gasteiger partial charge in [-0.1, -0.05) is 72.3 Å². The lowest BCUT2D eigenvalue weighted by Crippen LogP contribution is -2.40. The topological polar surface area (TPSA) is 66.5 Å². The molecular formula is C26H24N2O3. The van der Waals surface area contributed by atoms with Crippen LogP contribution in [0.5, 0.6) is 0 Å². The molecule has 0 fully saturated rings. The Morgan fingerprint density at radius 2 is 1.42 bits per heavy atom. The van der Waals surface area contributed by atoms with Gasteiger partial charge in [-0.05, 0) is 36.6 Å². The summed E-state index contributed by atoms with van der Waals surface area (Å²) >= 11 is 0. The second kappa shape index (κ2) is 8.96. The van der Waals surface area contributed by atoms with Crippen LogP contribution in [0.2, 0.25) is 0 Å². The average Bonchev–Trinajstić information content (AvgIpc) is 3.02. The minimum Gasteiger partial charge on any atom is -0.355 e. The van der Waals surface area contributed by atoms with Crippen molar-refractivity contribution in [3.63, 3.8) is 0 Å². The normalized spacial score (nSPS) is 12.9. The number of nitrogens with zero attached hydrogens (tertiary/aromatic N) is 1. The van der Waals surface area contributed by atoms with Gasteiger partial charge in [0.05, 0.1) is 11.1 Å². The molecule has 0 bridgehead atoms. The van der Waals surface area contributed by atoms with Crippen LogP contribution in [0.4, 0.5) is 0 Å². The first kappa shape index (κ1) is 20.5. The highest BCUT2D eigenvalue weighted by Crippen LogP contribution is 2.27. The maximum Gasteiger partial charge on any atom is 0.262 e. The van der Waals surface area contributed by atoms with Crippen LogP contribution in [0.1, 0.15) is 49.7 Å². The van der Waals surface area contributed by atoms with Crippen LogP contribution >= 0.6 is 0 Å². The highest BCUT2D eigenvalue weighted by molar-refractivity contribution is 6.22. The van der Waals surface area contributed by atoms with E-state index in [1.54, 1.807) is 18.2 Å². The van der Waals surface area contributed by atoms with Crippen molar-refractivity contribution in [2.75, 3.05) is 13.1 Å². The molecule has 1 aliphatic rings. The third kappa shape index (κ3) is 4.40. The van der Waals surface area contributed by atoms with Gasteiger partial charge in [0.2, 0.25) is 5.91 Å². The number of hydrogen-bond acceptors (Lipinski definition) is 3. The molecule has 156 valence electrons. The Balaban J connectivity index is 1.38. The third-order valence-electron chi connectivity index (χ3n) is 5.59. The fourth-order valence-electron chi connectivity index (χ4n) is 4.00. The standard InChI is InChI=1S/C26H24N2O3/c1-18-12-13-22-23(16-18)26(31)28(25(22)30)17-24(29)27-15-14-21(19-8-4-2-5-9-19)20-10-6-3-7-11-20/h2-13,16,21H,14-15,17H2,1H3,(H,27,29). The Bertz CT molecular complexity index is 1070. The minimum atomic E-state index is -0.415. The fourth-order valence-corrected chi connectivity index (χ4v) is 4.00. The Hall–Kier alpha value is -3.73. The van der Waals surface area contributed by atoms with Gasteiger partial charge >= 0.3 is 0 Å². The SMILES string of the molecule is Cc1ccc2c(c1)C(=O)N(CC(=O)NCCC(c1ccccc1)c1ccccc1)C2=O. The first-order valence-corrected chi connectivity index (χ1v) is 10.4. The number of benzene rings is 3. The van der Waals surface area contributed by atoms with E-state index >= 15 is 0 Å². The van der Waals surface area contributed by atoms with Crippen molar-refractivity contribution in [1.82, 2.24) is 10.2 Å². The van der Waals surface area contributed by atoms with E-state index in [-0.39, 0.29) is 18.4 Å². The molecule has 5 heteroatoms. The number of aryl methyl sites for hydroxylation is 1. The van der Waals surface area contributed by atoms with Gasteiger partial charge in [0.25, 0.3) is 11.8 Å². The lowest BCUT2D eigenvalue weighted by atomic mass is 9.88. The predicted octanol–water partition coefficient (Wildman–Crippen LogP) is 3.93. The van der Waals surface area contributed by atoms with Crippen LogP contribution in [0.3, 0.4) is 0 Å². The summed E-state index contributed by atoms with van der Waals surface area (Å²) in [6.45, 7) is 2.03. The molecule has 4 rings (SSSR count). The van der Waals surface area contributed by atoms with E-state index in [0.29, 0.717) is 24.1 Å². The molecule has 3 aromatic carbocycles. The molecule has 1 heterocycles. The highest BCUT2D eigenvalue weighted by atomic mass is 16.2. The smallest absolute Gasteiger partial charge is 0.262 e. The van der Waals surface area contributed by atoms with Gasteiger partial charge in [0.1, 0.15) is 6.54 Å². The zero-order chi connectivity index (χ0) is 21.8. The number of rotatable bonds is 7. The van der Waals surface area contributed by atoms with Gasteiger partial charge in [-0.15, -0.1) is 0 Å². The molecule has 0 aromatic heterocycles. The van der Waals surface area contributed by atoms with Gasteiger partial charge in [-0.25, -0.2) is 0 Å². The number of carbonyl (C=O) groups excluding carboxylic acids is 3. The van der Waals surface area contributed by atoms with Gasteiger partial charge in [0.15, 0.2) is 0 Å². The van der Waals surface area contributed by atoms with E-state index in [9.17, 15) is 14.4 Å². The lowest BCUT2D eigenvalue weighted by Gasteiger charge is -2.19. The molecule has 0 saturated heterocycles. The molecule has 31 heavy (non-hydrogen) atoms. The molecule has 0 saturated carbocycles. The van der Waals surface area contributed by atoms with Gasteiger partial charge < -0.3 is 5.32 Å².